The minimum absolute atomic E-state index is 0.149. The second kappa shape index (κ2) is 9.02. The normalized spacial score (nSPS) is 12.2. The van der Waals surface area contributed by atoms with E-state index in [-0.39, 0.29) is 18.5 Å². The molecule has 1 atom stereocenters. The molecule has 0 amide bonds. The highest BCUT2D eigenvalue weighted by Gasteiger charge is 2.12. The van der Waals surface area contributed by atoms with Crippen molar-refractivity contribution in [2.24, 2.45) is 5.92 Å². The summed E-state index contributed by atoms with van der Waals surface area (Å²) in [6, 6.07) is 5.60. The molecule has 5 heteroatoms. The minimum Gasteiger partial charge on any atom is -0.493 e. The molecule has 1 rings (SSSR count). The van der Waals surface area contributed by atoms with Crippen LogP contribution in [0.25, 0.3) is 6.08 Å². The minimum atomic E-state index is -0.207. The standard InChI is InChI=1S/C16H23NO4/c1-12(11-17-2)16(18)21-9-5-6-13-7-8-14(19-3)15(10-13)20-4/h5-8,10,12,17H,9,11H2,1-4H3/b6-5+. The zero-order valence-corrected chi connectivity index (χ0v) is 13.0. The zero-order valence-electron chi connectivity index (χ0n) is 13.0. The first-order valence-corrected chi connectivity index (χ1v) is 6.82. The Hall–Kier alpha value is -2.01. The lowest BCUT2D eigenvalue weighted by atomic mass is 10.2. The summed E-state index contributed by atoms with van der Waals surface area (Å²) in [5.74, 6) is 0.993. The lowest BCUT2D eigenvalue weighted by Gasteiger charge is -2.09. The van der Waals surface area contributed by atoms with Gasteiger partial charge in [-0.15, -0.1) is 0 Å². The maximum atomic E-state index is 11.6. The monoisotopic (exact) mass is 293 g/mol. The molecule has 1 aromatic carbocycles. The summed E-state index contributed by atoms with van der Waals surface area (Å²) >= 11 is 0. The predicted octanol–water partition coefficient (Wildman–Crippen LogP) is 2.12. The van der Waals surface area contributed by atoms with Crippen molar-refractivity contribution < 1.29 is 19.0 Å². The first-order valence-electron chi connectivity index (χ1n) is 6.82. The van der Waals surface area contributed by atoms with Crippen LogP contribution in [0.2, 0.25) is 0 Å². The van der Waals surface area contributed by atoms with Crippen molar-refractivity contribution in [3.63, 3.8) is 0 Å². The fraction of sp³-hybridized carbons (Fsp3) is 0.438. The van der Waals surface area contributed by atoms with Gasteiger partial charge in [0.15, 0.2) is 11.5 Å². The van der Waals surface area contributed by atoms with Crippen LogP contribution in [0.15, 0.2) is 24.3 Å². The number of esters is 1. The van der Waals surface area contributed by atoms with Crippen LogP contribution in [0.3, 0.4) is 0 Å². The summed E-state index contributed by atoms with van der Waals surface area (Å²) in [5, 5.41) is 2.94. The molecule has 0 aliphatic carbocycles. The Morgan fingerprint density at radius 3 is 2.62 bits per heavy atom. The number of methoxy groups -OCH3 is 2. The van der Waals surface area contributed by atoms with Crippen LogP contribution in [-0.2, 0) is 9.53 Å². The third kappa shape index (κ3) is 5.47. The Morgan fingerprint density at radius 1 is 1.29 bits per heavy atom. The highest BCUT2D eigenvalue weighted by Crippen LogP contribution is 2.27. The number of benzene rings is 1. The van der Waals surface area contributed by atoms with Crippen molar-refractivity contribution >= 4 is 12.0 Å². The van der Waals surface area contributed by atoms with E-state index in [1.165, 1.54) is 0 Å². The quantitative estimate of drug-likeness (QED) is 0.744. The second-order valence-corrected chi connectivity index (χ2v) is 4.61. The van der Waals surface area contributed by atoms with Crippen LogP contribution < -0.4 is 14.8 Å². The van der Waals surface area contributed by atoms with Gasteiger partial charge in [-0.25, -0.2) is 0 Å². The largest absolute Gasteiger partial charge is 0.493 e. The molecule has 1 N–H and O–H groups in total. The van der Waals surface area contributed by atoms with E-state index < -0.39 is 0 Å². The Morgan fingerprint density at radius 2 is 2.00 bits per heavy atom. The van der Waals surface area contributed by atoms with Crippen LogP contribution in [0, 0.1) is 5.92 Å². The van der Waals surface area contributed by atoms with Crippen molar-refractivity contribution in [2.45, 2.75) is 6.92 Å². The fourth-order valence-electron chi connectivity index (χ4n) is 1.80. The number of rotatable bonds is 8. The van der Waals surface area contributed by atoms with E-state index in [4.69, 9.17) is 14.2 Å². The van der Waals surface area contributed by atoms with E-state index in [0.29, 0.717) is 18.0 Å². The van der Waals surface area contributed by atoms with Gasteiger partial charge >= 0.3 is 5.97 Å². The Kier molecular flexibility index (Phi) is 7.32. The average Bonchev–Trinajstić information content (AvgIpc) is 2.51. The number of ether oxygens (including phenoxy) is 3. The fourth-order valence-corrected chi connectivity index (χ4v) is 1.80. The molecule has 0 spiro atoms. The van der Waals surface area contributed by atoms with Gasteiger partial charge in [-0.05, 0) is 30.8 Å². The maximum absolute atomic E-state index is 11.6. The van der Waals surface area contributed by atoms with Gasteiger partial charge in [0, 0.05) is 6.54 Å². The Bertz CT molecular complexity index is 485. The van der Waals surface area contributed by atoms with Crippen molar-refractivity contribution in [2.75, 3.05) is 34.4 Å². The van der Waals surface area contributed by atoms with Crippen LogP contribution in [0.1, 0.15) is 12.5 Å². The molecule has 5 nitrogen and oxygen atoms in total. The summed E-state index contributed by atoms with van der Waals surface area (Å²) in [6.07, 6.45) is 3.67. The van der Waals surface area contributed by atoms with Gasteiger partial charge in [0.25, 0.3) is 0 Å². The maximum Gasteiger partial charge on any atom is 0.310 e. The molecule has 0 aliphatic heterocycles. The number of hydrogen-bond donors (Lipinski definition) is 1. The molecule has 0 fully saturated rings. The van der Waals surface area contributed by atoms with Gasteiger partial charge in [0.1, 0.15) is 6.61 Å². The molecular weight excluding hydrogens is 270 g/mol. The van der Waals surface area contributed by atoms with Gasteiger partial charge < -0.3 is 19.5 Å². The molecule has 21 heavy (non-hydrogen) atoms. The van der Waals surface area contributed by atoms with Gasteiger partial charge in [0.2, 0.25) is 0 Å². The number of carbonyl (C=O) groups is 1. The molecule has 0 aromatic heterocycles. The molecule has 0 radical (unpaired) electrons. The summed E-state index contributed by atoms with van der Waals surface area (Å²) < 4.78 is 15.6. The molecule has 1 aromatic rings. The van der Waals surface area contributed by atoms with Crippen LogP contribution in [0.5, 0.6) is 11.5 Å². The van der Waals surface area contributed by atoms with E-state index in [1.54, 1.807) is 27.3 Å². The van der Waals surface area contributed by atoms with Crippen molar-refractivity contribution in [1.29, 1.82) is 0 Å². The van der Waals surface area contributed by atoms with Crippen LogP contribution in [0.4, 0.5) is 0 Å². The highest BCUT2D eigenvalue weighted by molar-refractivity contribution is 5.72. The topological polar surface area (TPSA) is 56.8 Å². The van der Waals surface area contributed by atoms with E-state index >= 15 is 0 Å². The first kappa shape index (κ1) is 17.0. The molecule has 0 heterocycles. The number of carbonyl (C=O) groups excluding carboxylic acids is 1. The molecular formula is C16H23NO4. The first-order chi connectivity index (χ1) is 10.1. The van der Waals surface area contributed by atoms with E-state index in [2.05, 4.69) is 5.32 Å². The van der Waals surface area contributed by atoms with Crippen molar-refractivity contribution in [3.8, 4) is 11.5 Å². The van der Waals surface area contributed by atoms with Crippen molar-refractivity contribution in [1.82, 2.24) is 5.32 Å². The SMILES string of the molecule is CNCC(C)C(=O)OC/C=C/c1ccc(OC)c(OC)c1. The lowest BCUT2D eigenvalue weighted by molar-refractivity contribution is -0.146. The van der Waals surface area contributed by atoms with Crippen molar-refractivity contribution in [3.05, 3.63) is 29.8 Å². The van der Waals surface area contributed by atoms with Gasteiger partial charge in [-0.2, -0.15) is 0 Å². The van der Waals surface area contributed by atoms with Crippen LogP contribution >= 0.6 is 0 Å². The smallest absolute Gasteiger partial charge is 0.310 e. The molecule has 116 valence electrons. The molecule has 0 bridgehead atoms. The third-order valence-corrected chi connectivity index (χ3v) is 2.95. The summed E-state index contributed by atoms with van der Waals surface area (Å²) in [6.45, 7) is 2.69. The Labute approximate surface area is 125 Å². The molecule has 1 unspecified atom stereocenters. The second-order valence-electron chi connectivity index (χ2n) is 4.61. The van der Waals surface area contributed by atoms with E-state index in [9.17, 15) is 4.79 Å². The van der Waals surface area contributed by atoms with Gasteiger partial charge in [-0.1, -0.05) is 19.1 Å². The highest BCUT2D eigenvalue weighted by atomic mass is 16.5. The third-order valence-electron chi connectivity index (χ3n) is 2.95. The number of nitrogens with one attached hydrogen (secondary N) is 1. The lowest BCUT2D eigenvalue weighted by Crippen LogP contribution is -2.25. The number of hydrogen-bond acceptors (Lipinski definition) is 5. The average molecular weight is 293 g/mol. The molecule has 0 aliphatic rings. The van der Waals surface area contributed by atoms with Gasteiger partial charge in [-0.3, -0.25) is 4.79 Å². The molecule has 0 saturated heterocycles. The predicted molar refractivity (Wildman–Crippen MR) is 82.6 cm³/mol. The summed E-state index contributed by atoms with van der Waals surface area (Å²) in [4.78, 5) is 11.6. The Balaban J connectivity index is 2.52. The van der Waals surface area contributed by atoms with Crippen LogP contribution in [-0.4, -0.2) is 40.4 Å². The summed E-state index contributed by atoms with van der Waals surface area (Å²) in [5.41, 5.74) is 0.951. The zero-order chi connectivity index (χ0) is 15.7. The summed E-state index contributed by atoms with van der Waals surface area (Å²) in [7, 11) is 5.00. The van der Waals surface area contributed by atoms with Gasteiger partial charge in [0.05, 0.1) is 20.1 Å². The molecule has 0 saturated carbocycles. The van der Waals surface area contributed by atoms with E-state index in [0.717, 1.165) is 5.56 Å². The van der Waals surface area contributed by atoms with E-state index in [1.807, 2.05) is 31.2 Å².